The van der Waals surface area contributed by atoms with Gasteiger partial charge in [0, 0.05) is 16.8 Å². The molecule has 32 heavy (non-hydrogen) atoms. The molecule has 0 bridgehead atoms. The maximum atomic E-state index is 13.4. The molecule has 0 fully saturated rings. The summed E-state index contributed by atoms with van der Waals surface area (Å²) in [6, 6.07) is 17.9. The first kappa shape index (κ1) is 22.0. The number of nitrogens with one attached hydrogen (secondary N) is 1. The maximum Gasteiger partial charge on any atom is 0.264 e. The molecule has 1 amide bonds. The van der Waals surface area contributed by atoms with E-state index < -0.39 is 22.5 Å². The second kappa shape index (κ2) is 9.10. The quantitative estimate of drug-likeness (QED) is 0.579. The zero-order chi connectivity index (χ0) is 22.7. The summed E-state index contributed by atoms with van der Waals surface area (Å²) in [4.78, 5) is 13.0. The Morgan fingerprint density at radius 3 is 2.47 bits per heavy atom. The first-order chi connectivity index (χ1) is 15.4. The summed E-state index contributed by atoms with van der Waals surface area (Å²) < 4.78 is 39.0. The van der Waals surface area contributed by atoms with Crippen LogP contribution in [0.25, 0.3) is 0 Å². The summed E-state index contributed by atoms with van der Waals surface area (Å²) in [5, 5.41) is 3.14. The van der Waals surface area contributed by atoms with Crippen LogP contribution in [0.4, 0.5) is 11.4 Å². The molecule has 0 atom stereocenters. The largest absolute Gasteiger partial charge is 0.486 e. The molecule has 0 saturated carbocycles. The number of hydrogen-bond donors (Lipinski definition) is 1. The van der Waals surface area contributed by atoms with Gasteiger partial charge in [-0.15, -0.1) is 0 Å². The zero-order valence-corrected chi connectivity index (χ0v) is 18.8. The predicted molar refractivity (Wildman–Crippen MR) is 123 cm³/mol. The summed E-state index contributed by atoms with van der Waals surface area (Å²) >= 11 is 6.24. The van der Waals surface area contributed by atoms with Crippen molar-refractivity contribution < 1.29 is 22.7 Å². The molecule has 3 aromatic rings. The number of benzene rings is 3. The summed E-state index contributed by atoms with van der Waals surface area (Å²) in [7, 11) is -4.03. The molecule has 7 nitrogen and oxygen atoms in total. The van der Waals surface area contributed by atoms with Gasteiger partial charge < -0.3 is 14.8 Å². The maximum absolute atomic E-state index is 13.4. The van der Waals surface area contributed by atoms with E-state index in [0.717, 1.165) is 4.31 Å². The Hall–Kier alpha value is -3.23. The van der Waals surface area contributed by atoms with Crippen molar-refractivity contribution in [1.29, 1.82) is 0 Å². The van der Waals surface area contributed by atoms with Crippen molar-refractivity contribution in [3.63, 3.8) is 0 Å². The van der Waals surface area contributed by atoms with Crippen molar-refractivity contribution in [3.8, 4) is 11.5 Å². The monoisotopic (exact) mass is 472 g/mol. The third-order valence-corrected chi connectivity index (χ3v) is 7.14. The van der Waals surface area contributed by atoms with Gasteiger partial charge >= 0.3 is 0 Å². The fourth-order valence-corrected chi connectivity index (χ4v) is 5.01. The van der Waals surface area contributed by atoms with Gasteiger partial charge in [0.15, 0.2) is 11.5 Å². The molecule has 0 spiro atoms. The number of amides is 1. The van der Waals surface area contributed by atoms with E-state index in [1.54, 1.807) is 61.5 Å². The average molecular weight is 473 g/mol. The second-order valence-corrected chi connectivity index (χ2v) is 9.38. The molecular formula is C23H21ClN2O5S. The number of nitrogens with zero attached hydrogens (tertiary/aromatic N) is 1. The molecule has 0 aromatic heterocycles. The van der Waals surface area contributed by atoms with Crippen molar-refractivity contribution in [2.24, 2.45) is 0 Å². The fourth-order valence-electron chi connectivity index (χ4n) is 3.34. The molecule has 0 saturated heterocycles. The minimum absolute atomic E-state index is 0.0755. The number of ether oxygens (including phenoxy) is 2. The third kappa shape index (κ3) is 4.51. The van der Waals surface area contributed by atoms with Crippen LogP contribution in [0.2, 0.25) is 5.02 Å². The predicted octanol–water partition coefficient (Wildman–Crippen LogP) is 4.25. The zero-order valence-electron chi connectivity index (χ0n) is 17.2. The lowest BCUT2D eigenvalue weighted by atomic mass is 10.2. The van der Waals surface area contributed by atoms with Crippen LogP contribution in [0, 0.1) is 6.92 Å². The third-order valence-electron chi connectivity index (χ3n) is 4.95. The Morgan fingerprint density at radius 2 is 1.72 bits per heavy atom. The molecule has 0 radical (unpaired) electrons. The van der Waals surface area contributed by atoms with Gasteiger partial charge in [0.05, 0.1) is 10.6 Å². The minimum atomic E-state index is -4.03. The van der Waals surface area contributed by atoms with Crippen LogP contribution in [-0.2, 0) is 14.8 Å². The molecule has 0 unspecified atom stereocenters. The first-order valence-corrected chi connectivity index (χ1v) is 11.7. The molecule has 1 aliphatic rings. The highest BCUT2D eigenvalue weighted by atomic mass is 35.5. The smallest absolute Gasteiger partial charge is 0.264 e. The Bertz CT molecular complexity index is 1250. The lowest BCUT2D eigenvalue weighted by Crippen LogP contribution is -2.38. The molecule has 4 rings (SSSR count). The average Bonchev–Trinajstić information content (AvgIpc) is 2.80. The highest BCUT2D eigenvalue weighted by molar-refractivity contribution is 7.92. The van der Waals surface area contributed by atoms with Gasteiger partial charge in [0.2, 0.25) is 5.91 Å². The molecule has 0 aliphatic carbocycles. The van der Waals surface area contributed by atoms with Crippen LogP contribution in [-0.4, -0.2) is 34.1 Å². The molecule has 1 N–H and O–H groups in total. The molecule has 3 aromatic carbocycles. The number of fused-ring (bicyclic) bond motifs is 1. The standard InChI is InChI=1S/C23H21ClN2O5S/c1-16-19(24)8-5-9-20(16)26(32(28,29)18-6-3-2-4-7-18)15-23(27)25-17-10-11-21-22(14-17)31-13-12-30-21/h2-11,14H,12-13,15H2,1H3,(H,25,27). The Balaban J connectivity index is 1.65. The molecule has 1 heterocycles. The van der Waals surface area contributed by atoms with Gasteiger partial charge in [-0.05, 0) is 48.9 Å². The van der Waals surface area contributed by atoms with Gasteiger partial charge in [-0.25, -0.2) is 8.42 Å². The molecule has 9 heteroatoms. The Labute approximate surface area is 191 Å². The number of anilines is 2. The van der Waals surface area contributed by atoms with Crippen LogP contribution in [0.1, 0.15) is 5.56 Å². The second-order valence-electron chi connectivity index (χ2n) is 7.12. The van der Waals surface area contributed by atoms with Crippen LogP contribution in [0.3, 0.4) is 0 Å². The van der Waals surface area contributed by atoms with E-state index in [4.69, 9.17) is 21.1 Å². The number of halogens is 1. The van der Waals surface area contributed by atoms with Crippen molar-refractivity contribution >= 4 is 38.9 Å². The van der Waals surface area contributed by atoms with E-state index in [-0.39, 0.29) is 4.90 Å². The molecule has 166 valence electrons. The molecular weight excluding hydrogens is 452 g/mol. The van der Waals surface area contributed by atoms with Crippen molar-refractivity contribution in [2.75, 3.05) is 29.4 Å². The van der Waals surface area contributed by atoms with Gasteiger partial charge in [-0.1, -0.05) is 35.9 Å². The number of hydrogen-bond acceptors (Lipinski definition) is 5. The van der Waals surface area contributed by atoms with Crippen LogP contribution in [0.5, 0.6) is 11.5 Å². The number of sulfonamides is 1. The first-order valence-electron chi connectivity index (χ1n) is 9.88. The Kier molecular flexibility index (Phi) is 6.25. The Morgan fingerprint density at radius 1 is 1.00 bits per heavy atom. The summed E-state index contributed by atoms with van der Waals surface area (Å²) in [5.41, 5.74) is 1.36. The highest BCUT2D eigenvalue weighted by Crippen LogP contribution is 2.33. The normalized spacial score (nSPS) is 12.8. The SMILES string of the molecule is Cc1c(Cl)cccc1N(CC(=O)Nc1ccc2c(c1)OCCO2)S(=O)(=O)c1ccccc1. The number of rotatable bonds is 6. The van der Waals surface area contributed by atoms with Gasteiger partial charge in [-0.3, -0.25) is 9.10 Å². The summed E-state index contributed by atoms with van der Waals surface area (Å²) in [5.74, 6) is 0.603. The van der Waals surface area contributed by atoms with Crippen LogP contribution < -0.4 is 19.1 Å². The minimum Gasteiger partial charge on any atom is -0.486 e. The topological polar surface area (TPSA) is 84.9 Å². The number of carbonyl (C=O) groups excluding carboxylic acids is 1. The van der Waals surface area contributed by atoms with Gasteiger partial charge in [0.25, 0.3) is 10.0 Å². The van der Waals surface area contributed by atoms with E-state index >= 15 is 0 Å². The summed E-state index contributed by atoms with van der Waals surface area (Å²) in [6.07, 6.45) is 0. The van der Waals surface area contributed by atoms with Crippen molar-refractivity contribution in [3.05, 3.63) is 77.3 Å². The van der Waals surface area contributed by atoms with Crippen molar-refractivity contribution in [1.82, 2.24) is 0 Å². The van der Waals surface area contributed by atoms with Gasteiger partial charge in [0.1, 0.15) is 19.8 Å². The number of carbonyl (C=O) groups is 1. The van der Waals surface area contributed by atoms with E-state index in [0.29, 0.717) is 46.7 Å². The van der Waals surface area contributed by atoms with E-state index in [1.807, 2.05) is 0 Å². The van der Waals surface area contributed by atoms with E-state index in [2.05, 4.69) is 5.32 Å². The van der Waals surface area contributed by atoms with Crippen LogP contribution >= 0.6 is 11.6 Å². The highest BCUT2D eigenvalue weighted by Gasteiger charge is 2.29. The van der Waals surface area contributed by atoms with Gasteiger partial charge in [-0.2, -0.15) is 0 Å². The van der Waals surface area contributed by atoms with E-state index in [9.17, 15) is 13.2 Å². The van der Waals surface area contributed by atoms with Crippen LogP contribution in [0.15, 0.2) is 71.6 Å². The lowest BCUT2D eigenvalue weighted by molar-refractivity contribution is -0.114. The molecule has 1 aliphatic heterocycles. The van der Waals surface area contributed by atoms with E-state index in [1.165, 1.54) is 12.1 Å². The lowest BCUT2D eigenvalue weighted by Gasteiger charge is -2.26. The fraction of sp³-hybridized carbons (Fsp3) is 0.174. The summed E-state index contributed by atoms with van der Waals surface area (Å²) in [6.45, 7) is 2.16. The van der Waals surface area contributed by atoms with Crippen molar-refractivity contribution in [2.45, 2.75) is 11.8 Å².